The highest BCUT2D eigenvalue weighted by atomic mass is 79.9. The standard InChI is InChI=1S/C14H12BrNO3/c15-12-6-7-13(17)16(8-12)9-14(18)19-10-11-4-2-1-3-5-11/h1-8H,9-10H2. The van der Waals surface area contributed by atoms with E-state index in [1.165, 1.54) is 10.6 Å². The lowest BCUT2D eigenvalue weighted by molar-refractivity contribution is -0.145. The van der Waals surface area contributed by atoms with Crippen molar-refractivity contribution in [2.75, 3.05) is 0 Å². The van der Waals surface area contributed by atoms with Gasteiger partial charge in [-0.15, -0.1) is 0 Å². The highest BCUT2D eigenvalue weighted by Crippen LogP contribution is 2.05. The molecule has 98 valence electrons. The molecule has 0 bridgehead atoms. The monoisotopic (exact) mass is 321 g/mol. The summed E-state index contributed by atoms with van der Waals surface area (Å²) in [5.74, 6) is -0.441. The average Bonchev–Trinajstić information content (AvgIpc) is 2.42. The molecule has 0 saturated heterocycles. The van der Waals surface area contributed by atoms with Crippen molar-refractivity contribution in [1.82, 2.24) is 4.57 Å². The Labute approximate surface area is 118 Å². The summed E-state index contributed by atoms with van der Waals surface area (Å²) in [6.45, 7) is 0.119. The largest absolute Gasteiger partial charge is 0.459 e. The maximum atomic E-state index is 11.7. The third kappa shape index (κ3) is 4.06. The van der Waals surface area contributed by atoms with Crippen LogP contribution in [0.15, 0.2) is 57.9 Å². The van der Waals surface area contributed by atoms with Gasteiger partial charge in [0.05, 0.1) is 0 Å². The van der Waals surface area contributed by atoms with Crippen molar-refractivity contribution in [2.45, 2.75) is 13.2 Å². The SMILES string of the molecule is O=C(Cn1cc(Br)ccc1=O)OCc1ccccc1. The first-order chi connectivity index (χ1) is 9.15. The molecular weight excluding hydrogens is 310 g/mol. The second-order valence-corrected chi connectivity index (χ2v) is 4.88. The van der Waals surface area contributed by atoms with Crippen molar-refractivity contribution in [3.05, 3.63) is 69.1 Å². The molecular formula is C14H12BrNO3. The third-order valence-corrected chi connectivity index (χ3v) is 2.96. The molecule has 19 heavy (non-hydrogen) atoms. The Morgan fingerprint density at radius 3 is 2.63 bits per heavy atom. The first-order valence-corrected chi connectivity index (χ1v) is 6.50. The molecule has 0 saturated carbocycles. The van der Waals surface area contributed by atoms with Crippen molar-refractivity contribution in [1.29, 1.82) is 0 Å². The molecule has 0 fully saturated rings. The molecule has 1 aromatic carbocycles. The summed E-state index contributed by atoms with van der Waals surface area (Å²) >= 11 is 3.25. The number of hydrogen-bond acceptors (Lipinski definition) is 3. The zero-order valence-electron chi connectivity index (χ0n) is 10.1. The van der Waals surface area contributed by atoms with Crippen LogP contribution < -0.4 is 5.56 Å². The molecule has 0 atom stereocenters. The lowest BCUT2D eigenvalue weighted by Crippen LogP contribution is -2.24. The molecule has 4 nitrogen and oxygen atoms in total. The Bertz CT molecular complexity index is 622. The number of esters is 1. The van der Waals surface area contributed by atoms with Gasteiger partial charge in [-0.3, -0.25) is 9.59 Å². The molecule has 0 unspecified atom stereocenters. The molecule has 0 N–H and O–H groups in total. The van der Waals surface area contributed by atoms with Crippen molar-refractivity contribution in [3.63, 3.8) is 0 Å². The van der Waals surface area contributed by atoms with Gasteiger partial charge in [-0.25, -0.2) is 0 Å². The van der Waals surface area contributed by atoms with Crippen molar-refractivity contribution in [2.24, 2.45) is 0 Å². The van der Waals surface area contributed by atoms with E-state index in [0.717, 1.165) is 10.0 Å². The van der Waals surface area contributed by atoms with E-state index in [0.29, 0.717) is 0 Å². The smallest absolute Gasteiger partial charge is 0.326 e. The zero-order chi connectivity index (χ0) is 13.7. The first-order valence-electron chi connectivity index (χ1n) is 5.71. The summed E-state index contributed by atoms with van der Waals surface area (Å²) in [5, 5.41) is 0. The highest BCUT2D eigenvalue weighted by molar-refractivity contribution is 9.10. The Hall–Kier alpha value is -1.88. The fraction of sp³-hybridized carbons (Fsp3) is 0.143. The van der Waals surface area contributed by atoms with E-state index in [1.807, 2.05) is 30.3 Å². The van der Waals surface area contributed by atoms with E-state index in [9.17, 15) is 9.59 Å². The normalized spacial score (nSPS) is 10.2. The van der Waals surface area contributed by atoms with Crippen LogP contribution in [0.5, 0.6) is 0 Å². The van der Waals surface area contributed by atoms with E-state index < -0.39 is 5.97 Å². The van der Waals surface area contributed by atoms with Gasteiger partial charge in [0.2, 0.25) is 0 Å². The Kier molecular flexibility index (Phi) is 4.52. The minimum absolute atomic E-state index is 0.0922. The van der Waals surface area contributed by atoms with Crippen LogP contribution in [0.4, 0.5) is 0 Å². The van der Waals surface area contributed by atoms with E-state index in [4.69, 9.17) is 4.74 Å². The van der Waals surface area contributed by atoms with Gasteiger partial charge in [-0.1, -0.05) is 30.3 Å². The fourth-order valence-corrected chi connectivity index (χ4v) is 1.93. The molecule has 0 aliphatic heterocycles. The number of pyridine rings is 1. The zero-order valence-corrected chi connectivity index (χ0v) is 11.7. The van der Waals surface area contributed by atoms with Gasteiger partial charge in [0.1, 0.15) is 13.2 Å². The molecule has 0 aliphatic rings. The van der Waals surface area contributed by atoms with Crippen LogP contribution in [0.3, 0.4) is 0 Å². The predicted molar refractivity (Wildman–Crippen MR) is 74.6 cm³/mol. The number of rotatable bonds is 4. The van der Waals surface area contributed by atoms with Crippen LogP contribution >= 0.6 is 15.9 Å². The second-order valence-electron chi connectivity index (χ2n) is 3.96. The third-order valence-electron chi connectivity index (χ3n) is 2.49. The van der Waals surface area contributed by atoms with Gasteiger partial charge in [0.15, 0.2) is 0 Å². The second kappa shape index (κ2) is 6.33. The number of benzene rings is 1. The molecule has 2 rings (SSSR count). The maximum Gasteiger partial charge on any atom is 0.326 e. The molecule has 5 heteroatoms. The minimum Gasteiger partial charge on any atom is -0.459 e. The van der Waals surface area contributed by atoms with Crippen LogP contribution in [0.1, 0.15) is 5.56 Å². The summed E-state index contributed by atoms with van der Waals surface area (Å²) in [6, 6.07) is 12.4. The lowest BCUT2D eigenvalue weighted by Gasteiger charge is -2.07. The van der Waals surface area contributed by atoms with Gasteiger partial charge in [0.25, 0.3) is 5.56 Å². The fourth-order valence-electron chi connectivity index (χ4n) is 1.55. The molecule has 0 radical (unpaired) electrons. The average molecular weight is 322 g/mol. The molecule has 1 aromatic heterocycles. The van der Waals surface area contributed by atoms with Crippen LogP contribution in [-0.4, -0.2) is 10.5 Å². The van der Waals surface area contributed by atoms with Crippen LogP contribution in [0.2, 0.25) is 0 Å². The van der Waals surface area contributed by atoms with E-state index in [-0.39, 0.29) is 18.7 Å². The van der Waals surface area contributed by atoms with Gasteiger partial charge < -0.3 is 9.30 Å². The van der Waals surface area contributed by atoms with Crippen LogP contribution in [-0.2, 0) is 22.7 Å². The van der Waals surface area contributed by atoms with E-state index >= 15 is 0 Å². The number of carbonyl (C=O) groups excluding carboxylic acids is 1. The van der Waals surface area contributed by atoms with Crippen LogP contribution in [0.25, 0.3) is 0 Å². The Morgan fingerprint density at radius 1 is 1.16 bits per heavy atom. The lowest BCUT2D eigenvalue weighted by atomic mass is 10.2. The maximum absolute atomic E-state index is 11.7. The molecule has 2 aromatic rings. The summed E-state index contributed by atoms with van der Waals surface area (Å²) in [6.07, 6.45) is 1.56. The number of aromatic nitrogens is 1. The number of carbonyl (C=O) groups is 1. The van der Waals surface area contributed by atoms with Crippen molar-refractivity contribution < 1.29 is 9.53 Å². The quantitative estimate of drug-likeness (QED) is 0.812. The summed E-state index contributed by atoms with van der Waals surface area (Å²) < 4.78 is 7.15. The Morgan fingerprint density at radius 2 is 1.89 bits per heavy atom. The number of nitrogens with zero attached hydrogens (tertiary/aromatic N) is 1. The minimum atomic E-state index is -0.441. The van der Waals surface area contributed by atoms with Crippen LogP contribution in [0, 0.1) is 0 Å². The summed E-state index contributed by atoms with van der Waals surface area (Å²) in [7, 11) is 0. The highest BCUT2D eigenvalue weighted by Gasteiger charge is 2.06. The molecule has 0 aliphatic carbocycles. The van der Waals surface area contributed by atoms with Gasteiger partial charge in [-0.2, -0.15) is 0 Å². The number of ether oxygens (including phenoxy) is 1. The number of halogens is 1. The first kappa shape index (κ1) is 13.5. The molecule has 1 heterocycles. The van der Waals surface area contributed by atoms with E-state index in [2.05, 4.69) is 15.9 Å². The van der Waals surface area contributed by atoms with Gasteiger partial charge in [-0.05, 0) is 27.6 Å². The topological polar surface area (TPSA) is 48.3 Å². The molecule has 0 amide bonds. The number of hydrogen-bond donors (Lipinski definition) is 0. The van der Waals surface area contributed by atoms with E-state index in [1.54, 1.807) is 12.3 Å². The Balaban J connectivity index is 1.95. The predicted octanol–water partition coefficient (Wildman–Crippen LogP) is 2.35. The summed E-state index contributed by atoms with van der Waals surface area (Å²) in [4.78, 5) is 23.2. The van der Waals surface area contributed by atoms with Crippen molar-refractivity contribution in [3.8, 4) is 0 Å². The van der Waals surface area contributed by atoms with Crippen molar-refractivity contribution >= 4 is 21.9 Å². The van der Waals surface area contributed by atoms with Gasteiger partial charge >= 0.3 is 5.97 Å². The summed E-state index contributed by atoms with van der Waals surface area (Å²) in [5.41, 5.74) is 0.678. The van der Waals surface area contributed by atoms with Gasteiger partial charge in [0, 0.05) is 16.7 Å². The molecule has 0 spiro atoms.